The standard InChI is InChI=1S/C14H24N4O3S/c1-3-22(20,21)10-11(2)16-14(19)18-8-4-5-12(9-18)13-6-7-15-17-13/h6-7,11-12H,3-5,8-10H2,1-2H3,(H,15,17)(H,16,19). The van der Waals surface area contributed by atoms with Gasteiger partial charge in [-0.15, -0.1) is 0 Å². The molecule has 22 heavy (non-hydrogen) atoms. The van der Waals surface area contributed by atoms with Crippen molar-refractivity contribution in [3.63, 3.8) is 0 Å². The summed E-state index contributed by atoms with van der Waals surface area (Å²) < 4.78 is 23.2. The highest BCUT2D eigenvalue weighted by Gasteiger charge is 2.26. The third-order valence-electron chi connectivity index (χ3n) is 3.98. The summed E-state index contributed by atoms with van der Waals surface area (Å²) in [5.41, 5.74) is 1.04. The molecule has 0 bridgehead atoms. The number of hydrogen-bond acceptors (Lipinski definition) is 4. The maximum absolute atomic E-state index is 12.3. The molecule has 2 N–H and O–H groups in total. The molecule has 7 nitrogen and oxygen atoms in total. The average molecular weight is 328 g/mol. The Labute approximate surface area is 131 Å². The van der Waals surface area contributed by atoms with Crippen LogP contribution in [0.3, 0.4) is 0 Å². The van der Waals surface area contributed by atoms with Crippen molar-refractivity contribution in [2.75, 3.05) is 24.6 Å². The third kappa shape index (κ3) is 4.46. The average Bonchev–Trinajstić information content (AvgIpc) is 3.01. The number of carbonyl (C=O) groups is 1. The van der Waals surface area contributed by atoms with Crippen molar-refractivity contribution in [1.82, 2.24) is 20.4 Å². The zero-order valence-electron chi connectivity index (χ0n) is 13.1. The normalized spacial score (nSPS) is 20.6. The van der Waals surface area contributed by atoms with Crippen LogP contribution in [0.15, 0.2) is 12.3 Å². The van der Waals surface area contributed by atoms with Crippen LogP contribution in [0, 0.1) is 0 Å². The Morgan fingerprint density at radius 3 is 3.00 bits per heavy atom. The van der Waals surface area contributed by atoms with Crippen LogP contribution in [0.2, 0.25) is 0 Å². The van der Waals surface area contributed by atoms with Gasteiger partial charge in [0.2, 0.25) is 0 Å². The molecule has 2 amide bonds. The minimum Gasteiger partial charge on any atom is -0.335 e. The van der Waals surface area contributed by atoms with Gasteiger partial charge >= 0.3 is 6.03 Å². The van der Waals surface area contributed by atoms with Gasteiger partial charge in [-0.25, -0.2) is 13.2 Å². The summed E-state index contributed by atoms with van der Waals surface area (Å²) in [5.74, 6) is 0.336. The third-order valence-corrected chi connectivity index (χ3v) is 5.87. The summed E-state index contributed by atoms with van der Waals surface area (Å²) in [5, 5.41) is 9.70. The second-order valence-electron chi connectivity index (χ2n) is 5.85. The molecule has 1 fully saturated rings. The maximum Gasteiger partial charge on any atom is 0.317 e. The molecule has 2 unspecified atom stereocenters. The van der Waals surface area contributed by atoms with Gasteiger partial charge in [-0.2, -0.15) is 5.10 Å². The molecule has 0 aliphatic carbocycles. The summed E-state index contributed by atoms with van der Waals surface area (Å²) in [6.07, 6.45) is 3.66. The first-order chi connectivity index (χ1) is 10.4. The van der Waals surface area contributed by atoms with E-state index in [9.17, 15) is 13.2 Å². The van der Waals surface area contributed by atoms with E-state index in [1.165, 1.54) is 0 Å². The van der Waals surface area contributed by atoms with Gasteiger partial charge in [0.15, 0.2) is 9.84 Å². The van der Waals surface area contributed by atoms with Crippen LogP contribution in [-0.4, -0.2) is 60.2 Å². The van der Waals surface area contributed by atoms with Gasteiger partial charge in [-0.3, -0.25) is 5.10 Å². The number of likely N-dealkylation sites (tertiary alicyclic amines) is 1. The molecular formula is C14H24N4O3S. The van der Waals surface area contributed by atoms with Crippen LogP contribution in [0.1, 0.15) is 38.3 Å². The largest absolute Gasteiger partial charge is 0.335 e. The van der Waals surface area contributed by atoms with E-state index in [-0.39, 0.29) is 29.5 Å². The second kappa shape index (κ2) is 7.13. The molecule has 124 valence electrons. The van der Waals surface area contributed by atoms with E-state index in [2.05, 4.69) is 15.5 Å². The number of aromatic amines is 1. The minimum atomic E-state index is -3.09. The number of H-pyrrole nitrogens is 1. The number of carbonyl (C=O) groups excluding carboxylic acids is 1. The molecule has 0 radical (unpaired) electrons. The molecule has 1 aromatic rings. The Kier molecular flexibility index (Phi) is 5.44. The van der Waals surface area contributed by atoms with Crippen LogP contribution in [-0.2, 0) is 9.84 Å². The molecule has 1 aromatic heterocycles. The minimum absolute atomic E-state index is 0.0208. The lowest BCUT2D eigenvalue weighted by molar-refractivity contribution is 0.177. The van der Waals surface area contributed by atoms with E-state index in [0.717, 1.165) is 18.5 Å². The van der Waals surface area contributed by atoms with Crippen molar-refractivity contribution in [2.24, 2.45) is 0 Å². The molecule has 0 saturated carbocycles. The first kappa shape index (κ1) is 16.8. The Hall–Kier alpha value is -1.57. The fourth-order valence-corrected chi connectivity index (χ4v) is 3.83. The van der Waals surface area contributed by atoms with Crippen molar-refractivity contribution in [3.8, 4) is 0 Å². The number of nitrogens with zero attached hydrogens (tertiary/aromatic N) is 2. The van der Waals surface area contributed by atoms with Gasteiger partial charge < -0.3 is 10.2 Å². The molecule has 1 saturated heterocycles. The quantitative estimate of drug-likeness (QED) is 0.847. The van der Waals surface area contributed by atoms with E-state index in [4.69, 9.17) is 0 Å². The predicted octanol–water partition coefficient (Wildman–Crippen LogP) is 1.12. The zero-order chi connectivity index (χ0) is 16.2. The van der Waals surface area contributed by atoms with Crippen LogP contribution < -0.4 is 5.32 Å². The van der Waals surface area contributed by atoms with Crippen LogP contribution in [0.25, 0.3) is 0 Å². The van der Waals surface area contributed by atoms with Crippen molar-refractivity contribution >= 4 is 15.9 Å². The van der Waals surface area contributed by atoms with Crippen LogP contribution in [0.5, 0.6) is 0 Å². The highest BCUT2D eigenvalue weighted by molar-refractivity contribution is 7.91. The molecular weight excluding hydrogens is 304 g/mol. The van der Waals surface area contributed by atoms with E-state index in [0.29, 0.717) is 13.1 Å². The fraction of sp³-hybridized carbons (Fsp3) is 0.714. The van der Waals surface area contributed by atoms with Crippen LogP contribution in [0.4, 0.5) is 4.79 Å². The number of aromatic nitrogens is 2. The molecule has 8 heteroatoms. The highest BCUT2D eigenvalue weighted by atomic mass is 32.2. The van der Waals surface area contributed by atoms with Crippen molar-refractivity contribution in [3.05, 3.63) is 18.0 Å². The molecule has 2 atom stereocenters. The molecule has 0 aromatic carbocycles. The van der Waals surface area contributed by atoms with Crippen molar-refractivity contribution < 1.29 is 13.2 Å². The van der Waals surface area contributed by atoms with E-state index in [1.807, 2.05) is 6.07 Å². The summed E-state index contributed by atoms with van der Waals surface area (Å²) in [4.78, 5) is 14.0. The van der Waals surface area contributed by atoms with Crippen LogP contribution >= 0.6 is 0 Å². The van der Waals surface area contributed by atoms with E-state index < -0.39 is 9.84 Å². The second-order valence-corrected chi connectivity index (χ2v) is 8.24. The van der Waals surface area contributed by atoms with Gasteiger partial charge in [0.25, 0.3) is 0 Å². The Bertz CT molecular complexity index is 585. The zero-order valence-corrected chi connectivity index (χ0v) is 13.9. The SMILES string of the molecule is CCS(=O)(=O)CC(C)NC(=O)N1CCCC(c2ccn[nH]2)C1. The van der Waals surface area contributed by atoms with Gasteiger partial charge in [0, 0.05) is 42.7 Å². The molecule has 1 aliphatic rings. The smallest absolute Gasteiger partial charge is 0.317 e. The fourth-order valence-electron chi connectivity index (χ4n) is 2.75. The Morgan fingerprint density at radius 1 is 1.59 bits per heavy atom. The van der Waals surface area contributed by atoms with Gasteiger partial charge in [-0.05, 0) is 25.8 Å². The molecule has 0 spiro atoms. The number of amides is 2. The van der Waals surface area contributed by atoms with Gasteiger partial charge in [0.05, 0.1) is 5.75 Å². The first-order valence-corrected chi connectivity index (χ1v) is 9.48. The number of piperidine rings is 1. The van der Waals surface area contributed by atoms with Crippen molar-refractivity contribution in [1.29, 1.82) is 0 Å². The van der Waals surface area contributed by atoms with Crippen molar-refractivity contribution in [2.45, 2.75) is 38.6 Å². The lowest BCUT2D eigenvalue weighted by Gasteiger charge is -2.33. The number of sulfone groups is 1. The molecule has 1 aliphatic heterocycles. The monoisotopic (exact) mass is 328 g/mol. The lowest BCUT2D eigenvalue weighted by Crippen LogP contribution is -2.49. The van der Waals surface area contributed by atoms with E-state index >= 15 is 0 Å². The van der Waals surface area contributed by atoms with Gasteiger partial charge in [-0.1, -0.05) is 6.92 Å². The summed E-state index contributed by atoms with van der Waals surface area (Å²) in [6.45, 7) is 4.66. The van der Waals surface area contributed by atoms with Gasteiger partial charge in [0.1, 0.15) is 0 Å². The first-order valence-electron chi connectivity index (χ1n) is 7.66. The van der Waals surface area contributed by atoms with E-state index in [1.54, 1.807) is 24.9 Å². The molecule has 2 heterocycles. The molecule has 2 rings (SSSR count). The lowest BCUT2D eigenvalue weighted by atomic mass is 9.95. The summed E-state index contributed by atoms with van der Waals surface area (Å²) in [6, 6.07) is 1.36. The summed E-state index contributed by atoms with van der Waals surface area (Å²) in [7, 11) is -3.09. The Balaban J connectivity index is 1.89. The topological polar surface area (TPSA) is 95.2 Å². The number of rotatable bonds is 5. The maximum atomic E-state index is 12.3. The highest BCUT2D eigenvalue weighted by Crippen LogP contribution is 2.25. The summed E-state index contributed by atoms with van der Waals surface area (Å²) >= 11 is 0. The predicted molar refractivity (Wildman–Crippen MR) is 84.5 cm³/mol. The number of hydrogen-bond donors (Lipinski definition) is 2. The number of nitrogens with one attached hydrogen (secondary N) is 2. The number of urea groups is 1. The Morgan fingerprint density at radius 2 is 2.36 bits per heavy atom.